The van der Waals surface area contributed by atoms with Crippen molar-refractivity contribution in [2.45, 2.75) is 24.7 Å². The second-order valence-corrected chi connectivity index (χ2v) is 7.25. The van der Waals surface area contributed by atoms with Gasteiger partial charge < -0.3 is 0 Å². The van der Waals surface area contributed by atoms with Gasteiger partial charge in [0.25, 0.3) is 0 Å². The summed E-state index contributed by atoms with van der Waals surface area (Å²) in [5.74, 6) is 0. The monoisotopic (exact) mass is 307 g/mol. The van der Waals surface area contributed by atoms with Gasteiger partial charge in [-0.05, 0) is 6.07 Å². The molecule has 2 aromatic heterocycles. The van der Waals surface area contributed by atoms with Crippen LogP contribution in [0.15, 0.2) is 23.6 Å². The van der Waals surface area contributed by atoms with Gasteiger partial charge in [-0.1, -0.05) is 0 Å². The molecule has 0 unspecified atom stereocenters. The van der Waals surface area contributed by atoms with Gasteiger partial charge in [0.15, 0.2) is 0 Å². The average molecular weight is 307 g/mol. The molecule has 8 heteroatoms. The first-order chi connectivity index (χ1) is 9.91. The second kappa shape index (κ2) is 5.19. The van der Waals surface area contributed by atoms with Crippen LogP contribution in [0.2, 0.25) is 0 Å². The fourth-order valence-electron chi connectivity index (χ4n) is 2.45. The van der Waals surface area contributed by atoms with Crippen molar-refractivity contribution >= 4 is 9.84 Å². The lowest BCUT2D eigenvalue weighted by molar-refractivity contribution is 0.238. The first kappa shape index (κ1) is 14.2. The summed E-state index contributed by atoms with van der Waals surface area (Å²) < 4.78 is 24.7. The van der Waals surface area contributed by atoms with Gasteiger partial charge in [-0.15, -0.1) is 0 Å². The Balaban J connectivity index is 1.77. The number of aryl methyl sites for hydroxylation is 1. The van der Waals surface area contributed by atoms with Crippen LogP contribution in [0.4, 0.5) is 0 Å². The fraction of sp³-hybridized carbons (Fsp3) is 0.462. The lowest BCUT2D eigenvalue weighted by atomic mass is 10.1. The predicted molar refractivity (Wildman–Crippen MR) is 76.2 cm³/mol. The Kier molecular flexibility index (Phi) is 3.50. The van der Waals surface area contributed by atoms with Gasteiger partial charge in [-0.25, -0.2) is 18.4 Å². The maximum Gasteiger partial charge on any atom is 0.246 e. The Morgan fingerprint density at radius 1 is 1.38 bits per heavy atom. The van der Waals surface area contributed by atoms with Gasteiger partial charge >= 0.3 is 0 Å². The molecule has 3 rings (SSSR count). The number of aromatic nitrogens is 4. The van der Waals surface area contributed by atoms with Gasteiger partial charge in [-0.2, -0.15) is 5.10 Å². The van der Waals surface area contributed by atoms with Crippen LogP contribution in [-0.4, -0.2) is 45.9 Å². The highest BCUT2D eigenvalue weighted by Crippen LogP contribution is 2.19. The Bertz CT molecular complexity index is 769. The molecular weight excluding hydrogens is 290 g/mol. The summed E-state index contributed by atoms with van der Waals surface area (Å²) in [5.41, 5.74) is 2.85. The summed E-state index contributed by atoms with van der Waals surface area (Å²) in [6.45, 7) is 2.33. The largest absolute Gasteiger partial charge is 0.293 e. The Hall–Kier alpha value is -1.80. The lowest BCUT2D eigenvalue weighted by Crippen LogP contribution is -2.31. The molecule has 112 valence electrons. The van der Waals surface area contributed by atoms with Crippen LogP contribution in [0.3, 0.4) is 0 Å². The van der Waals surface area contributed by atoms with Crippen molar-refractivity contribution in [3.05, 3.63) is 35.4 Å². The van der Waals surface area contributed by atoms with Crippen molar-refractivity contribution in [1.82, 2.24) is 24.6 Å². The normalized spacial score (nSPS) is 15.9. The first-order valence-electron chi connectivity index (χ1n) is 6.67. The average Bonchev–Trinajstić information content (AvgIpc) is 2.82. The molecular formula is C13H17N5O2S. The van der Waals surface area contributed by atoms with Crippen LogP contribution in [0.1, 0.15) is 17.0 Å². The number of rotatable bonds is 3. The van der Waals surface area contributed by atoms with Crippen LogP contribution in [-0.2, 0) is 36.4 Å². The molecule has 0 radical (unpaired) electrons. The van der Waals surface area contributed by atoms with Crippen molar-refractivity contribution < 1.29 is 8.42 Å². The minimum Gasteiger partial charge on any atom is -0.293 e. The maximum absolute atomic E-state index is 11.5. The van der Waals surface area contributed by atoms with Crippen LogP contribution < -0.4 is 0 Å². The van der Waals surface area contributed by atoms with Gasteiger partial charge in [-0.3, -0.25) is 9.58 Å². The van der Waals surface area contributed by atoms with Gasteiger partial charge in [0, 0.05) is 57.3 Å². The summed E-state index contributed by atoms with van der Waals surface area (Å²) >= 11 is 0. The van der Waals surface area contributed by atoms with Crippen LogP contribution >= 0.6 is 0 Å². The number of sulfone groups is 1. The molecule has 0 saturated carbocycles. The molecule has 1 aliphatic heterocycles. The standard InChI is InChI=1S/C13H17N5O2S/c1-17-5-3-11(16-17)9-18-6-4-12-10(8-18)7-14-13(15-12)21(2,19)20/h3,5,7H,4,6,8-9H2,1-2H3. The zero-order chi connectivity index (χ0) is 15.0. The quantitative estimate of drug-likeness (QED) is 0.752. The minimum atomic E-state index is -3.34. The van der Waals surface area contributed by atoms with E-state index in [0.29, 0.717) is 0 Å². The Labute approximate surface area is 123 Å². The third-order valence-electron chi connectivity index (χ3n) is 3.48. The molecule has 2 aromatic rings. The molecule has 0 aromatic carbocycles. The smallest absolute Gasteiger partial charge is 0.246 e. The molecule has 7 nitrogen and oxygen atoms in total. The SMILES string of the molecule is Cn1ccc(CN2CCc3nc(S(C)(=O)=O)ncc3C2)n1. The highest BCUT2D eigenvalue weighted by Gasteiger charge is 2.21. The summed E-state index contributed by atoms with van der Waals surface area (Å²) in [7, 11) is -1.45. The number of hydrogen-bond donors (Lipinski definition) is 0. The number of fused-ring (bicyclic) bond motifs is 1. The Morgan fingerprint density at radius 2 is 2.19 bits per heavy atom. The van der Waals surface area contributed by atoms with Crippen molar-refractivity contribution in [2.24, 2.45) is 7.05 Å². The first-order valence-corrected chi connectivity index (χ1v) is 8.57. The van der Waals surface area contributed by atoms with E-state index in [2.05, 4.69) is 20.0 Å². The van der Waals surface area contributed by atoms with Gasteiger partial charge in [0.05, 0.1) is 11.4 Å². The van der Waals surface area contributed by atoms with Crippen LogP contribution in [0.5, 0.6) is 0 Å². The third-order valence-corrected chi connectivity index (χ3v) is 4.34. The van der Waals surface area contributed by atoms with Crippen LogP contribution in [0.25, 0.3) is 0 Å². The highest BCUT2D eigenvalue weighted by molar-refractivity contribution is 7.90. The zero-order valence-electron chi connectivity index (χ0n) is 12.0. The Morgan fingerprint density at radius 3 is 2.86 bits per heavy atom. The van der Waals surface area contributed by atoms with E-state index in [1.54, 1.807) is 10.9 Å². The molecule has 3 heterocycles. The fourth-order valence-corrected chi connectivity index (χ4v) is 2.97. The number of hydrogen-bond acceptors (Lipinski definition) is 6. The minimum absolute atomic E-state index is 0.0839. The van der Waals surface area contributed by atoms with E-state index < -0.39 is 9.84 Å². The van der Waals surface area contributed by atoms with E-state index in [4.69, 9.17) is 0 Å². The van der Waals surface area contributed by atoms with Crippen molar-refractivity contribution in [3.8, 4) is 0 Å². The van der Waals surface area contributed by atoms with Crippen LogP contribution in [0, 0.1) is 0 Å². The molecule has 0 spiro atoms. The van der Waals surface area contributed by atoms with Gasteiger partial charge in [0.2, 0.25) is 15.0 Å². The highest BCUT2D eigenvalue weighted by atomic mass is 32.2. The molecule has 1 aliphatic rings. The zero-order valence-corrected chi connectivity index (χ0v) is 12.8. The summed E-state index contributed by atoms with van der Waals surface area (Å²) in [4.78, 5) is 10.4. The maximum atomic E-state index is 11.5. The van der Waals surface area contributed by atoms with Gasteiger partial charge in [0.1, 0.15) is 0 Å². The van der Waals surface area contributed by atoms with Crippen molar-refractivity contribution in [3.63, 3.8) is 0 Å². The predicted octanol–water partition coefficient (Wildman–Crippen LogP) is 0.172. The molecule has 0 atom stereocenters. The number of nitrogens with zero attached hydrogens (tertiary/aromatic N) is 5. The molecule has 0 N–H and O–H groups in total. The molecule has 21 heavy (non-hydrogen) atoms. The molecule has 0 saturated heterocycles. The van der Waals surface area contributed by atoms with E-state index >= 15 is 0 Å². The molecule has 0 bridgehead atoms. The van der Waals surface area contributed by atoms with E-state index in [1.165, 1.54) is 0 Å². The summed E-state index contributed by atoms with van der Waals surface area (Å²) in [6.07, 6.45) is 5.41. The van der Waals surface area contributed by atoms with Crippen molar-refractivity contribution in [2.75, 3.05) is 12.8 Å². The second-order valence-electron chi connectivity index (χ2n) is 5.34. The third kappa shape index (κ3) is 3.11. The molecule has 0 aliphatic carbocycles. The van der Waals surface area contributed by atoms with E-state index in [-0.39, 0.29) is 5.16 Å². The summed E-state index contributed by atoms with van der Waals surface area (Å²) in [6, 6.07) is 2.00. The topological polar surface area (TPSA) is 81.0 Å². The lowest BCUT2D eigenvalue weighted by Gasteiger charge is -2.27. The van der Waals surface area contributed by atoms with Crippen molar-refractivity contribution in [1.29, 1.82) is 0 Å². The van der Waals surface area contributed by atoms with E-state index in [0.717, 1.165) is 49.3 Å². The van der Waals surface area contributed by atoms with E-state index in [1.807, 2.05) is 19.3 Å². The molecule has 0 amide bonds. The molecule has 0 fully saturated rings. The summed E-state index contributed by atoms with van der Waals surface area (Å²) in [5, 5.41) is 4.29. The van der Waals surface area contributed by atoms with E-state index in [9.17, 15) is 8.42 Å².